The molecule has 0 amide bonds. The maximum atomic E-state index is 15.4. The number of rotatable bonds is 3. The largest absolute Gasteiger partial charge is 0.477 e. The van der Waals surface area contributed by atoms with Gasteiger partial charge in [0.15, 0.2) is 0 Å². The molecule has 2 saturated carbocycles. The van der Waals surface area contributed by atoms with E-state index in [0.29, 0.717) is 12.8 Å². The van der Waals surface area contributed by atoms with Crippen molar-refractivity contribution in [3.63, 3.8) is 0 Å². The van der Waals surface area contributed by atoms with Crippen molar-refractivity contribution in [1.29, 1.82) is 0 Å². The SMILES string of the molecule is N[C@@]12CCC[C@]1(F)CN(c1c(F)cc3c(=O)c(C(=O)O)cn([C@@H]4C[C@@H]4F)c3c1Cl)C2. The Balaban J connectivity index is 1.73. The molecule has 160 valence electrons. The number of aromatic carboxylic acids is 1. The number of hydrogen-bond acceptors (Lipinski definition) is 4. The number of benzene rings is 1. The molecule has 2 aliphatic carbocycles. The first-order chi connectivity index (χ1) is 14.1. The van der Waals surface area contributed by atoms with E-state index in [4.69, 9.17) is 17.3 Å². The lowest BCUT2D eigenvalue weighted by Crippen LogP contribution is -2.53. The molecule has 6 nitrogen and oxygen atoms in total. The Morgan fingerprint density at radius 1 is 1.33 bits per heavy atom. The molecule has 10 heteroatoms. The van der Waals surface area contributed by atoms with Crippen LogP contribution in [0.1, 0.15) is 42.1 Å². The first-order valence-corrected chi connectivity index (χ1v) is 10.1. The second-order valence-electron chi connectivity index (χ2n) is 8.65. The first-order valence-electron chi connectivity index (χ1n) is 9.73. The molecule has 0 unspecified atom stereocenters. The predicted octanol–water partition coefficient (Wildman–Crippen LogP) is 3.18. The number of pyridine rings is 1. The van der Waals surface area contributed by atoms with E-state index in [-0.39, 0.29) is 47.5 Å². The van der Waals surface area contributed by atoms with Crippen LogP contribution >= 0.6 is 11.6 Å². The summed E-state index contributed by atoms with van der Waals surface area (Å²) in [5.74, 6) is -2.37. The Bertz CT molecular complexity index is 1150. The zero-order valence-electron chi connectivity index (χ0n) is 15.8. The summed E-state index contributed by atoms with van der Waals surface area (Å²) in [4.78, 5) is 25.6. The summed E-state index contributed by atoms with van der Waals surface area (Å²) in [7, 11) is 0. The summed E-state index contributed by atoms with van der Waals surface area (Å²) >= 11 is 6.53. The van der Waals surface area contributed by atoms with E-state index in [1.165, 1.54) is 9.47 Å². The number of carboxylic acid groups (broad SMARTS) is 1. The van der Waals surface area contributed by atoms with E-state index in [9.17, 15) is 19.1 Å². The van der Waals surface area contributed by atoms with Gasteiger partial charge in [0.2, 0.25) is 5.43 Å². The van der Waals surface area contributed by atoms with Gasteiger partial charge in [-0.25, -0.2) is 18.0 Å². The van der Waals surface area contributed by atoms with Gasteiger partial charge in [-0.3, -0.25) is 4.79 Å². The van der Waals surface area contributed by atoms with Crippen LogP contribution in [0.15, 0.2) is 17.1 Å². The third-order valence-corrected chi connectivity index (χ3v) is 7.13. The van der Waals surface area contributed by atoms with Crippen molar-refractivity contribution in [1.82, 2.24) is 4.57 Å². The zero-order valence-corrected chi connectivity index (χ0v) is 16.6. The summed E-state index contributed by atoms with van der Waals surface area (Å²) in [6.45, 7) is -0.0868. The minimum absolute atomic E-state index is 0.0456. The van der Waals surface area contributed by atoms with Gasteiger partial charge in [0.1, 0.15) is 23.2 Å². The summed E-state index contributed by atoms with van der Waals surface area (Å²) in [5.41, 5.74) is 1.91. The molecule has 1 saturated heterocycles. The van der Waals surface area contributed by atoms with E-state index in [1.807, 2.05) is 0 Å². The number of alkyl halides is 2. The highest BCUT2D eigenvalue weighted by Crippen LogP contribution is 2.50. The third-order valence-electron chi connectivity index (χ3n) is 6.77. The molecule has 4 atom stereocenters. The Morgan fingerprint density at radius 2 is 2.03 bits per heavy atom. The van der Waals surface area contributed by atoms with Crippen LogP contribution < -0.4 is 16.1 Å². The molecule has 0 radical (unpaired) electrons. The molecule has 30 heavy (non-hydrogen) atoms. The second-order valence-corrected chi connectivity index (χ2v) is 9.03. The maximum absolute atomic E-state index is 15.4. The van der Waals surface area contributed by atoms with Gasteiger partial charge < -0.3 is 20.3 Å². The molecule has 2 aromatic rings. The van der Waals surface area contributed by atoms with E-state index < -0.39 is 46.2 Å². The van der Waals surface area contributed by atoms with Crippen LogP contribution in [0.2, 0.25) is 5.02 Å². The zero-order chi connectivity index (χ0) is 21.6. The quantitative estimate of drug-likeness (QED) is 0.763. The molecule has 1 aromatic carbocycles. The fourth-order valence-electron chi connectivity index (χ4n) is 5.05. The number of anilines is 1. The number of aromatic nitrogens is 1. The molecule has 3 aliphatic rings. The molecule has 1 aromatic heterocycles. The van der Waals surface area contributed by atoms with Crippen LogP contribution in [-0.4, -0.2) is 46.1 Å². The summed E-state index contributed by atoms with van der Waals surface area (Å²) < 4.78 is 45.6. The summed E-state index contributed by atoms with van der Waals surface area (Å²) in [5, 5.41) is 8.91. The highest BCUT2D eigenvalue weighted by atomic mass is 35.5. The molecular weight excluding hydrogens is 423 g/mol. The number of hydrogen-bond donors (Lipinski definition) is 2. The molecule has 1 aliphatic heterocycles. The van der Waals surface area contributed by atoms with E-state index in [1.54, 1.807) is 0 Å². The number of nitrogens with zero attached hydrogens (tertiary/aromatic N) is 2. The van der Waals surface area contributed by atoms with Crippen LogP contribution in [0.4, 0.5) is 18.9 Å². The van der Waals surface area contributed by atoms with Crippen LogP contribution in [0.5, 0.6) is 0 Å². The molecule has 2 heterocycles. The van der Waals surface area contributed by atoms with Crippen molar-refractivity contribution in [2.45, 2.75) is 49.1 Å². The van der Waals surface area contributed by atoms with Gasteiger partial charge >= 0.3 is 5.97 Å². The van der Waals surface area contributed by atoms with Crippen molar-refractivity contribution in [2.75, 3.05) is 18.0 Å². The fraction of sp³-hybridized carbons (Fsp3) is 0.500. The average molecular weight is 442 g/mol. The van der Waals surface area contributed by atoms with Crippen LogP contribution in [-0.2, 0) is 0 Å². The molecular formula is C20H19ClF3N3O3. The lowest BCUT2D eigenvalue weighted by Gasteiger charge is -2.27. The van der Waals surface area contributed by atoms with E-state index in [0.717, 1.165) is 12.3 Å². The number of nitrogens with two attached hydrogens (primary N) is 1. The minimum Gasteiger partial charge on any atom is -0.477 e. The van der Waals surface area contributed by atoms with Gasteiger partial charge in [-0.15, -0.1) is 0 Å². The van der Waals surface area contributed by atoms with Gasteiger partial charge in [0.25, 0.3) is 0 Å². The topological polar surface area (TPSA) is 88.6 Å². The van der Waals surface area contributed by atoms with Gasteiger partial charge in [-0.1, -0.05) is 11.6 Å². The lowest BCUT2D eigenvalue weighted by molar-refractivity contribution is 0.0694. The summed E-state index contributed by atoms with van der Waals surface area (Å²) in [6.07, 6.45) is 1.32. The van der Waals surface area contributed by atoms with Gasteiger partial charge in [-0.2, -0.15) is 0 Å². The van der Waals surface area contributed by atoms with Gasteiger partial charge in [0.05, 0.1) is 39.7 Å². The smallest absolute Gasteiger partial charge is 0.341 e. The standard InChI is InChI=1S/C20H19ClF3N3O3/c21-14-15-9(17(28)10(18(29)30)6-27(15)13-5-11(13)22)4-12(23)16(14)26-7-19(24)2-1-3-20(19,25)8-26/h4,6,11,13H,1-3,5,7-8,25H2,(H,29,30)/t11-,13+,19-,20+/m0/s1. The molecule has 3 N–H and O–H groups in total. The van der Waals surface area contributed by atoms with Crippen molar-refractivity contribution in [3.05, 3.63) is 38.9 Å². The number of halogens is 4. The third kappa shape index (κ3) is 2.54. The van der Waals surface area contributed by atoms with Crippen LogP contribution in [0.25, 0.3) is 10.9 Å². The fourth-order valence-corrected chi connectivity index (χ4v) is 5.46. The number of carboxylic acids is 1. The Labute approximate surface area is 174 Å². The van der Waals surface area contributed by atoms with Crippen LogP contribution in [0.3, 0.4) is 0 Å². The normalized spacial score (nSPS) is 32.6. The average Bonchev–Trinajstić information content (AvgIpc) is 3.22. The predicted molar refractivity (Wildman–Crippen MR) is 106 cm³/mol. The van der Waals surface area contributed by atoms with Crippen molar-refractivity contribution >= 4 is 34.2 Å². The van der Waals surface area contributed by atoms with Gasteiger partial charge in [-0.05, 0) is 25.3 Å². The highest BCUT2D eigenvalue weighted by molar-refractivity contribution is 6.38. The highest BCUT2D eigenvalue weighted by Gasteiger charge is 2.60. The lowest BCUT2D eigenvalue weighted by atomic mass is 9.89. The second kappa shape index (κ2) is 6.13. The Kier molecular flexibility index (Phi) is 4.03. The molecule has 3 fully saturated rings. The number of fused-ring (bicyclic) bond motifs is 2. The van der Waals surface area contributed by atoms with Crippen molar-refractivity contribution in [3.8, 4) is 0 Å². The van der Waals surface area contributed by atoms with Crippen LogP contribution in [0, 0.1) is 5.82 Å². The van der Waals surface area contributed by atoms with Crippen molar-refractivity contribution < 1.29 is 23.1 Å². The summed E-state index contributed by atoms with van der Waals surface area (Å²) in [6, 6.07) is 0.202. The van der Waals surface area contributed by atoms with Gasteiger partial charge in [0, 0.05) is 19.2 Å². The van der Waals surface area contributed by atoms with E-state index >= 15 is 8.78 Å². The Morgan fingerprint density at radius 3 is 2.63 bits per heavy atom. The maximum Gasteiger partial charge on any atom is 0.341 e. The number of carbonyl (C=O) groups is 1. The molecule has 0 bridgehead atoms. The minimum atomic E-state index is -1.68. The molecule has 0 spiro atoms. The van der Waals surface area contributed by atoms with Crippen molar-refractivity contribution in [2.24, 2.45) is 5.73 Å². The molecule has 5 rings (SSSR count). The monoisotopic (exact) mass is 441 g/mol. The van der Waals surface area contributed by atoms with E-state index in [2.05, 4.69) is 0 Å². The Hall–Kier alpha value is -2.26. The first kappa shape index (κ1) is 19.7.